The summed E-state index contributed by atoms with van der Waals surface area (Å²) in [7, 11) is 0. The lowest BCUT2D eigenvalue weighted by Gasteiger charge is -2.41. The second kappa shape index (κ2) is 8.43. The molecule has 3 heteroatoms. The van der Waals surface area contributed by atoms with E-state index in [-0.39, 0.29) is 5.78 Å². The summed E-state index contributed by atoms with van der Waals surface area (Å²) in [5.74, 6) is 0.286. The Morgan fingerprint density at radius 3 is 1.83 bits per heavy atom. The Morgan fingerprint density at radius 1 is 0.870 bits per heavy atom. The van der Waals surface area contributed by atoms with E-state index in [2.05, 4.69) is 20.8 Å². The summed E-state index contributed by atoms with van der Waals surface area (Å²) in [6.45, 7) is 0.608. The van der Waals surface area contributed by atoms with E-state index in [1.54, 1.807) is 0 Å². The van der Waals surface area contributed by atoms with Gasteiger partial charge in [-0.2, -0.15) is 0 Å². The van der Waals surface area contributed by atoms with Gasteiger partial charge in [-0.15, -0.1) is 0 Å². The zero-order valence-corrected chi connectivity index (χ0v) is 15.6. The third kappa shape index (κ3) is 4.67. The van der Waals surface area contributed by atoms with Crippen molar-refractivity contribution in [3.05, 3.63) is 34.3 Å². The van der Waals surface area contributed by atoms with Gasteiger partial charge >= 0.3 is 0 Å². The third-order valence-electron chi connectivity index (χ3n) is 5.58. The number of hydrogen-bond acceptors (Lipinski definition) is 2. The summed E-state index contributed by atoms with van der Waals surface area (Å²) in [6.07, 6.45) is 13.2. The number of hydrogen-bond donors (Lipinski definition) is 0. The highest BCUT2D eigenvalue weighted by Gasteiger charge is 2.30. The summed E-state index contributed by atoms with van der Waals surface area (Å²) in [4.78, 5) is 15.4. The smallest absolute Gasteiger partial charge is 0.176 e. The van der Waals surface area contributed by atoms with Gasteiger partial charge in [0.15, 0.2) is 5.78 Å². The van der Waals surface area contributed by atoms with Crippen LogP contribution in [-0.2, 0) is 0 Å². The number of benzene rings is 1. The molecule has 0 atom stereocenters. The quantitative estimate of drug-likeness (QED) is 0.622. The second-order valence-corrected chi connectivity index (χ2v) is 8.10. The van der Waals surface area contributed by atoms with E-state index in [0.717, 1.165) is 10.0 Å². The van der Waals surface area contributed by atoms with Gasteiger partial charge in [-0.05, 0) is 37.8 Å². The first-order chi connectivity index (χ1) is 11.2. The van der Waals surface area contributed by atoms with E-state index >= 15 is 0 Å². The van der Waals surface area contributed by atoms with Gasteiger partial charge in [0.1, 0.15) is 0 Å². The molecule has 0 aromatic heterocycles. The average Bonchev–Trinajstić information content (AvgIpc) is 2.61. The van der Waals surface area contributed by atoms with Crippen LogP contribution in [0.1, 0.15) is 74.6 Å². The summed E-state index contributed by atoms with van der Waals surface area (Å²) >= 11 is 3.45. The standard InChI is InChI=1S/C20H28BrNO/c21-17-13-11-16(12-14-17)20(23)15-22(18-7-3-1-4-8-18)19-9-5-2-6-10-19/h11-14,18-19H,1-10,15H2. The number of Topliss-reactive ketones (excluding diaryl/α,β-unsaturated/α-hetero) is 1. The maximum Gasteiger partial charge on any atom is 0.176 e. The van der Waals surface area contributed by atoms with Crippen LogP contribution in [-0.4, -0.2) is 29.3 Å². The summed E-state index contributed by atoms with van der Waals surface area (Å²) in [5, 5.41) is 0. The highest BCUT2D eigenvalue weighted by Crippen LogP contribution is 2.30. The van der Waals surface area contributed by atoms with Crippen LogP contribution in [0.3, 0.4) is 0 Å². The van der Waals surface area contributed by atoms with Crippen molar-refractivity contribution in [1.82, 2.24) is 4.90 Å². The predicted molar refractivity (Wildman–Crippen MR) is 98.9 cm³/mol. The van der Waals surface area contributed by atoms with Crippen LogP contribution in [0.4, 0.5) is 0 Å². The van der Waals surface area contributed by atoms with E-state index in [9.17, 15) is 4.79 Å². The van der Waals surface area contributed by atoms with Gasteiger partial charge in [-0.25, -0.2) is 0 Å². The Labute approximate surface area is 148 Å². The van der Waals surface area contributed by atoms with Crippen molar-refractivity contribution < 1.29 is 4.79 Å². The minimum atomic E-state index is 0.286. The van der Waals surface area contributed by atoms with Crippen molar-refractivity contribution in [1.29, 1.82) is 0 Å². The highest BCUT2D eigenvalue weighted by atomic mass is 79.9. The Hall–Kier alpha value is -0.670. The fourth-order valence-corrected chi connectivity index (χ4v) is 4.54. The molecule has 2 saturated carbocycles. The Bertz CT molecular complexity index is 483. The highest BCUT2D eigenvalue weighted by molar-refractivity contribution is 9.10. The number of nitrogens with zero attached hydrogens (tertiary/aromatic N) is 1. The molecule has 0 N–H and O–H groups in total. The molecule has 1 aromatic rings. The topological polar surface area (TPSA) is 20.3 Å². The van der Waals surface area contributed by atoms with E-state index in [0.29, 0.717) is 18.6 Å². The first-order valence-corrected chi connectivity index (χ1v) is 10.1. The molecule has 126 valence electrons. The molecule has 0 aliphatic heterocycles. The molecule has 3 rings (SSSR count). The SMILES string of the molecule is O=C(CN(C1CCCCC1)C1CCCCC1)c1ccc(Br)cc1. The van der Waals surface area contributed by atoms with Crippen molar-refractivity contribution >= 4 is 21.7 Å². The van der Waals surface area contributed by atoms with Crippen LogP contribution in [0, 0.1) is 0 Å². The Balaban J connectivity index is 1.71. The molecular weight excluding hydrogens is 350 g/mol. The van der Waals surface area contributed by atoms with Crippen LogP contribution < -0.4 is 0 Å². The summed E-state index contributed by atoms with van der Waals surface area (Å²) < 4.78 is 1.03. The number of carbonyl (C=O) groups is 1. The Morgan fingerprint density at radius 2 is 1.35 bits per heavy atom. The Kier molecular flexibility index (Phi) is 6.29. The largest absolute Gasteiger partial charge is 0.293 e. The van der Waals surface area contributed by atoms with Crippen molar-refractivity contribution in [2.75, 3.05) is 6.54 Å². The molecule has 0 radical (unpaired) electrons. The minimum Gasteiger partial charge on any atom is -0.293 e. The summed E-state index contributed by atoms with van der Waals surface area (Å²) in [5.41, 5.74) is 0.852. The lowest BCUT2D eigenvalue weighted by molar-refractivity contribution is 0.0644. The lowest BCUT2D eigenvalue weighted by atomic mass is 9.88. The molecule has 0 heterocycles. The van der Waals surface area contributed by atoms with Crippen LogP contribution in [0.5, 0.6) is 0 Å². The molecule has 2 aliphatic rings. The monoisotopic (exact) mass is 377 g/mol. The van der Waals surface area contributed by atoms with Crippen LogP contribution in [0.2, 0.25) is 0 Å². The van der Waals surface area contributed by atoms with E-state index < -0.39 is 0 Å². The maximum atomic E-state index is 12.8. The third-order valence-corrected chi connectivity index (χ3v) is 6.11. The zero-order valence-electron chi connectivity index (χ0n) is 14.0. The molecule has 0 saturated heterocycles. The van der Waals surface area contributed by atoms with Crippen molar-refractivity contribution in [3.8, 4) is 0 Å². The normalized spacial score (nSPS) is 20.8. The van der Waals surface area contributed by atoms with Gasteiger partial charge < -0.3 is 0 Å². The van der Waals surface area contributed by atoms with Crippen molar-refractivity contribution in [2.24, 2.45) is 0 Å². The zero-order chi connectivity index (χ0) is 16.1. The second-order valence-electron chi connectivity index (χ2n) is 7.19. The van der Waals surface area contributed by atoms with Gasteiger partial charge in [0.25, 0.3) is 0 Å². The number of ketones is 1. The summed E-state index contributed by atoms with van der Waals surface area (Å²) in [6, 6.07) is 9.11. The van der Waals surface area contributed by atoms with Crippen LogP contribution in [0.15, 0.2) is 28.7 Å². The maximum absolute atomic E-state index is 12.8. The number of halogens is 1. The molecule has 0 bridgehead atoms. The van der Waals surface area contributed by atoms with Gasteiger partial charge in [0, 0.05) is 22.1 Å². The first kappa shape index (κ1) is 17.2. The van der Waals surface area contributed by atoms with Gasteiger partial charge in [-0.3, -0.25) is 9.69 Å². The van der Waals surface area contributed by atoms with Gasteiger partial charge in [-0.1, -0.05) is 66.6 Å². The molecule has 23 heavy (non-hydrogen) atoms. The molecule has 2 aliphatic carbocycles. The predicted octanol–water partition coefficient (Wildman–Crippen LogP) is 5.60. The minimum absolute atomic E-state index is 0.286. The number of carbonyl (C=O) groups excluding carboxylic acids is 1. The van der Waals surface area contributed by atoms with E-state index in [1.165, 1.54) is 64.2 Å². The van der Waals surface area contributed by atoms with Gasteiger partial charge in [0.05, 0.1) is 6.54 Å². The van der Waals surface area contributed by atoms with Crippen molar-refractivity contribution in [3.63, 3.8) is 0 Å². The average molecular weight is 378 g/mol. The lowest BCUT2D eigenvalue weighted by Crippen LogP contribution is -2.47. The molecule has 1 aromatic carbocycles. The molecule has 0 unspecified atom stereocenters. The molecule has 2 fully saturated rings. The number of rotatable bonds is 5. The fraction of sp³-hybridized carbons (Fsp3) is 0.650. The molecule has 2 nitrogen and oxygen atoms in total. The molecule has 0 spiro atoms. The fourth-order valence-electron chi connectivity index (χ4n) is 4.27. The molecular formula is C20H28BrNO. The molecule has 0 amide bonds. The first-order valence-electron chi connectivity index (χ1n) is 9.28. The van der Waals surface area contributed by atoms with Crippen LogP contribution in [0.25, 0.3) is 0 Å². The van der Waals surface area contributed by atoms with Crippen LogP contribution >= 0.6 is 15.9 Å². The van der Waals surface area contributed by atoms with Gasteiger partial charge in [0.2, 0.25) is 0 Å². The van der Waals surface area contributed by atoms with E-state index in [4.69, 9.17) is 0 Å². The van der Waals surface area contributed by atoms with Crippen molar-refractivity contribution in [2.45, 2.75) is 76.3 Å². The van der Waals surface area contributed by atoms with E-state index in [1.807, 2.05) is 24.3 Å².